The predicted molar refractivity (Wildman–Crippen MR) is 98.1 cm³/mol. The zero-order valence-electron chi connectivity index (χ0n) is 15.4. The zero-order chi connectivity index (χ0) is 18.5. The lowest BCUT2D eigenvalue weighted by Crippen LogP contribution is -2.57. The van der Waals surface area contributed by atoms with E-state index in [4.69, 9.17) is 9.84 Å². The molecule has 26 heavy (non-hydrogen) atoms. The number of carbonyl (C=O) groups excluding carboxylic acids is 2. The Morgan fingerprint density at radius 1 is 1.19 bits per heavy atom. The fourth-order valence-electron chi connectivity index (χ4n) is 3.61. The molecule has 0 bridgehead atoms. The number of piperazine rings is 1. The first-order chi connectivity index (χ1) is 12.6. The van der Waals surface area contributed by atoms with Crippen LogP contribution in [0.2, 0.25) is 0 Å². The molecule has 1 aromatic carbocycles. The molecule has 0 spiro atoms. The lowest BCUT2D eigenvalue weighted by Gasteiger charge is -2.43. The molecule has 1 saturated carbocycles. The van der Waals surface area contributed by atoms with Crippen LogP contribution >= 0.6 is 0 Å². The van der Waals surface area contributed by atoms with Gasteiger partial charge in [0.2, 0.25) is 5.91 Å². The Balaban J connectivity index is 1.62. The van der Waals surface area contributed by atoms with E-state index in [9.17, 15) is 9.59 Å². The minimum atomic E-state index is -0.0390. The first kappa shape index (κ1) is 18.7. The van der Waals surface area contributed by atoms with Gasteiger partial charge in [0, 0.05) is 37.2 Å². The van der Waals surface area contributed by atoms with Gasteiger partial charge < -0.3 is 19.6 Å². The van der Waals surface area contributed by atoms with Crippen LogP contribution in [0.25, 0.3) is 0 Å². The zero-order valence-corrected chi connectivity index (χ0v) is 15.4. The highest BCUT2D eigenvalue weighted by molar-refractivity contribution is 5.94. The molecule has 1 heterocycles. The lowest BCUT2D eigenvalue weighted by molar-refractivity contribution is -0.140. The van der Waals surface area contributed by atoms with Crippen LogP contribution in [0.15, 0.2) is 24.3 Å². The second-order valence-electron chi connectivity index (χ2n) is 7.07. The van der Waals surface area contributed by atoms with Gasteiger partial charge in [-0.25, -0.2) is 0 Å². The molecule has 2 aliphatic rings. The van der Waals surface area contributed by atoms with Gasteiger partial charge in [0.05, 0.1) is 6.61 Å². The summed E-state index contributed by atoms with van der Waals surface area (Å²) >= 11 is 0. The Labute approximate surface area is 154 Å². The Hall–Kier alpha value is -2.08. The van der Waals surface area contributed by atoms with Crippen molar-refractivity contribution < 1.29 is 19.4 Å². The first-order valence-corrected chi connectivity index (χ1v) is 9.57. The minimum Gasteiger partial charge on any atom is -0.491 e. The van der Waals surface area contributed by atoms with E-state index in [0.717, 1.165) is 25.7 Å². The van der Waals surface area contributed by atoms with E-state index in [1.54, 1.807) is 24.3 Å². The number of benzene rings is 1. The SMILES string of the molecule is CCC1CN(C(=O)C2CCC2)CCN1C(=O)c1ccc(OCCO)cc1. The highest BCUT2D eigenvalue weighted by Gasteiger charge is 2.35. The number of rotatable bonds is 6. The third kappa shape index (κ3) is 4.01. The Morgan fingerprint density at radius 2 is 1.92 bits per heavy atom. The van der Waals surface area contributed by atoms with Gasteiger partial charge >= 0.3 is 0 Å². The summed E-state index contributed by atoms with van der Waals surface area (Å²) in [7, 11) is 0. The molecule has 6 heteroatoms. The largest absolute Gasteiger partial charge is 0.491 e. The molecular weight excluding hydrogens is 332 g/mol. The van der Waals surface area contributed by atoms with Crippen LogP contribution in [0, 0.1) is 5.92 Å². The second-order valence-corrected chi connectivity index (χ2v) is 7.07. The number of nitrogens with zero attached hydrogens (tertiary/aromatic N) is 2. The van der Waals surface area contributed by atoms with Crippen LogP contribution in [0.1, 0.15) is 43.0 Å². The van der Waals surface area contributed by atoms with Crippen molar-refractivity contribution in [1.29, 1.82) is 0 Å². The van der Waals surface area contributed by atoms with E-state index in [0.29, 0.717) is 30.9 Å². The summed E-state index contributed by atoms with van der Waals surface area (Å²) in [5, 5.41) is 8.80. The van der Waals surface area contributed by atoms with Crippen molar-refractivity contribution in [2.24, 2.45) is 5.92 Å². The van der Waals surface area contributed by atoms with Gasteiger partial charge in [-0.1, -0.05) is 13.3 Å². The van der Waals surface area contributed by atoms with Crippen molar-refractivity contribution in [3.05, 3.63) is 29.8 Å². The molecule has 1 aliphatic carbocycles. The van der Waals surface area contributed by atoms with E-state index in [1.807, 2.05) is 9.80 Å². The average Bonchev–Trinajstić information content (AvgIpc) is 2.64. The number of hydrogen-bond acceptors (Lipinski definition) is 4. The summed E-state index contributed by atoms with van der Waals surface area (Å²) in [5.41, 5.74) is 0.624. The van der Waals surface area contributed by atoms with Crippen LogP contribution in [-0.2, 0) is 4.79 Å². The van der Waals surface area contributed by atoms with E-state index >= 15 is 0 Å². The van der Waals surface area contributed by atoms with Crippen LogP contribution < -0.4 is 4.74 Å². The molecule has 6 nitrogen and oxygen atoms in total. The van der Waals surface area contributed by atoms with E-state index in [-0.39, 0.29) is 37.0 Å². The number of aliphatic hydroxyl groups excluding tert-OH is 1. The Morgan fingerprint density at radius 3 is 2.50 bits per heavy atom. The number of ether oxygens (including phenoxy) is 1. The van der Waals surface area contributed by atoms with Gasteiger partial charge in [-0.15, -0.1) is 0 Å². The van der Waals surface area contributed by atoms with Gasteiger partial charge in [-0.2, -0.15) is 0 Å². The summed E-state index contributed by atoms with van der Waals surface area (Å²) < 4.78 is 5.34. The van der Waals surface area contributed by atoms with E-state index in [2.05, 4.69) is 6.92 Å². The van der Waals surface area contributed by atoms with Gasteiger partial charge in [0.15, 0.2) is 0 Å². The molecule has 142 valence electrons. The summed E-state index contributed by atoms with van der Waals surface area (Å²) in [6, 6.07) is 7.08. The molecule has 2 fully saturated rings. The molecule has 2 amide bonds. The molecule has 3 rings (SSSR count). The van der Waals surface area contributed by atoms with Crippen LogP contribution in [0.4, 0.5) is 0 Å². The maximum absolute atomic E-state index is 12.9. The quantitative estimate of drug-likeness (QED) is 0.841. The van der Waals surface area contributed by atoms with E-state index < -0.39 is 0 Å². The van der Waals surface area contributed by atoms with Crippen molar-refractivity contribution >= 4 is 11.8 Å². The molecule has 1 unspecified atom stereocenters. The second kappa shape index (κ2) is 8.54. The lowest BCUT2D eigenvalue weighted by atomic mass is 9.84. The summed E-state index contributed by atoms with van der Waals surface area (Å²) in [6.07, 6.45) is 4.01. The third-order valence-corrected chi connectivity index (χ3v) is 5.44. The predicted octanol–water partition coefficient (Wildman–Crippen LogP) is 1.92. The van der Waals surface area contributed by atoms with E-state index in [1.165, 1.54) is 0 Å². The Kier molecular flexibility index (Phi) is 6.14. The molecule has 1 N–H and O–H groups in total. The molecule has 1 atom stereocenters. The van der Waals surface area contributed by atoms with Crippen molar-refractivity contribution in [1.82, 2.24) is 9.80 Å². The topological polar surface area (TPSA) is 70.1 Å². The van der Waals surface area contributed by atoms with Gasteiger partial charge in [0.25, 0.3) is 5.91 Å². The highest BCUT2D eigenvalue weighted by Crippen LogP contribution is 2.29. The van der Waals surface area contributed by atoms with Gasteiger partial charge in [-0.3, -0.25) is 9.59 Å². The number of hydrogen-bond donors (Lipinski definition) is 1. The summed E-state index contributed by atoms with van der Waals surface area (Å²) in [5.74, 6) is 1.12. The third-order valence-electron chi connectivity index (χ3n) is 5.44. The van der Waals surface area contributed by atoms with Gasteiger partial charge in [0.1, 0.15) is 12.4 Å². The van der Waals surface area contributed by atoms with Crippen molar-refractivity contribution in [3.8, 4) is 5.75 Å². The van der Waals surface area contributed by atoms with Crippen LogP contribution in [0.5, 0.6) is 5.75 Å². The molecular formula is C20H28N2O4. The summed E-state index contributed by atoms with van der Waals surface area (Å²) in [4.78, 5) is 29.3. The van der Waals surface area contributed by atoms with Gasteiger partial charge in [-0.05, 0) is 43.5 Å². The normalized spacial score (nSPS) is 20.6. The fourth-order valence-corrected chi connectivity index (χ4v) is 3.61. The molecule has 1 aromatic rings. The molecule has 0 aromatic heterocycles. The number of carbonyl (C=O) groups is 2. The molecule has 1 aliphatic heterocycles. The molecule has 0 radical (unpaired) electrons. The van der Waals surface area contributed by atoms with Crippen LogP contribution in [0.3, 0.4) is 0 Å². The van der Waals surface area contributed by atoms with Crippen molar-refractivity contribution in [2.45, 2.75) is 38.6 Å². The monoisotopic (exact) mass is 360 g/mol. The molecule has 1 saturated heterocycles. The number of aliphatic hydroxyl groups is 1. The summed E-state index contributed by atoms with van der Waals surface area (Å²) in [6.45, 7) is 4.10. The van der Waals surface area contributed by atoms with Crippen molar-refractivity contribution in [2.75, 3.05) is 32.8 Å². The van der Waals surface area contributed by atoms with Crippen LogP contribution in [-0.4, -0.2) is 65.6 Å². The standard InChI is InChI=1S/C20H28N2O4/c1-2-17-14-21(19(24)15-4-3-5-15)10-11-22(17)20(25)16-6-8-18(9-7-16)26-13-12-23/h6-9,15,17,23H,2-5,10-14H2,1H3. The smallest absolute Gasteiger partial charge is 0.254 e. The maximum atomic E-state index is 12.9. The fraction of sp³-hybridized carbons (Fsp3) is 0.600. The first-order valence-electron chi connectivity index (χ1n) is 9.57. The minimum absolute atomic E-state index is 0.00120. The van der Waals surface area contributed by atoms with Crippen molar-refractivity contribution in [3.63, 3.8) is 0 Å². The maximum Gasteiger partial charge on any atom is 0.254 e. The average molecular weight is 360 g/mol. The number of amides is 2. The Bertz CT molecular complexity index is 627. The highest BCUT2D eigenvalue weighted by atomic mass is 16.5.